The van der Waals surface area contributed by atoms with Crippen LogP contribution in [0.5, 0.6) is 0 Å². The Morgan fingerprint density at radius 3 is 1.15 bits per heavy atom. The van der Waals surface area contributed by atoms with Crippen LogP contribution in [0.4, 0.5) is 0 Å². The van der Waals surface area contributed by atoms with Crippen LogP contribution in [0, 0.1) is 0 Å². The van der Waals surface area contributed by atoms with E-state index < -0.39 is 18.2 Å². The highest BCUT2D eigenvalue weighted by molar-refractivity contribution is 5.76. The molecule has 4 N–H and O–H groups in total. The molecule has 53 heavy (non-hydrogen) atoms. The van der Waals surface area contributed by atoms with Gasteiger partial charge >= 0.3 is 0 Å². The van der Waals surface area contributed by atoms with E-state index in [0.29, 0.717) is 6.42 Å². The third kappa shape index (κ3) is 40.3. The number of unbranched alkanes of at least 4 members (excludes halogenated alkanes) is 32. The molecule has 0 saturated heterocycles. The summed E-state index contributed by atoms with van der Waals surface area (Å²) >= 11 is 0. The molecule has 0 heterocycles. The van der Waals surface area contributed by atoms with Crippen molar-refractivity contribution in [1.29, 1.82) is 0 Å². The van der Waals surface area contributed by atoms with Crippen LogP contribution in [0.3, 0.4) is 0 Å². The van der Waals surface area contributed by atoms with Crippen LogP contribution in [0.25, 0.3) is 0 Å². The highest BCUT2D eigenvalue weighted by atomic mass is 16.3. The van der Waals surface area contributed by atoms with E-state index in [9.17, 15) is 20.1 Å². The summed E-state index contributed by atoms with van der Waals surface area (Å²) in [5.74, 6) is -0.318. The van der Waals surface area contributed by atoms with Crippen LogP contribution >= 0.6 is 0 Å². The van der Waals surface area contributed by atoms with Crippen molar-refractivity contribution < 1.29 is 20.1 Å². The average molecular weight is 748 g/mol. The number of allylic oxidation sites excluding steroid dienone is 3. The van der Waals surface area contributed by atoms with Crippen LogP contribution in [0.15, 0.2) is 24.3 Å². The highest BCUT2D eigenvalue weighted by Gasteiger charge is 2.20. The van der Waals surface area contributed by atoms with Gasteiger partial charge in [-0.3, -0.25) is 4.79 Å². The predicted molar refractivity (Wildman–Crippen MR) is 231 cm³/mol. The fourth-order valence-corrected chi connectivity index (χ4v) is 7.34. The summed E-state index contributed by atoms with van der Waals surface area (Å²) in [7, 11) is 0. The Balaban J connectivity index is 3.62. The number of carbonyl (C=O) groups excluding carboxylic acids is 1. The van der Waals surface area contributed by atoms with Crippen LogP contribution < -0.4 is 5.32 Å². The molecular formula is C48H93NO4. The van der Waals surface area contributed by atoms with Crippen molar-refractivity contribution in [3.63, 3.8) is 0 Å². The first-order chi connectivity index (χ1) is 26.0. The van der Waals surface area contributed by atoms with Gasteiger partial charge in [-0.15, -0.1) is 0 Å². The third-order valence-electron chi connectivity index (χ3n) is 11.0. The minimum Gasteiger partial charge on any atom is -0.394 e. The SMILES string of the molecule is CCCCCCCC/C=C\CCCCCCCC(O)CC(=O)NC(CO)C(O)/C=C/CCCCCCCCCCCCCCCCCCCCCCC. The van der Waals surface area contributed by atoms with Gasteiger partial charge in [0.1, 0.15) is 0 Å². The van der Waals surface area contributed by atoms with Gasteiger partial charge in [0.25, 0.3) is 0 Å². The number of aliphatic hydroxyl groups excluding tert-OH is 3. The van der Waals surface area contributed by atoms with E-state index in [1.165, 1.54) is 186 Å². The normalized spacial score (nSPS) is 13.7. The van der Waals surface area contributed by atoms with Crippen LogP contribution in [0.2, 0.25) is 0 Å². The standard InChI is InChI=1S/C48H93NO4/c1-3-5-7-9-11-13-15-17-19-20-21-22-23-24-25-26-28-30-32-34-36-38-40-42-47(52)46(44-50)49-48(53)43-45(51)41-39-37-35-33-31-29-27-18-16-14-12-10-8-6-4-2/h18,27,40,42,45-47,50-52H,3-17,19-26,28-39,41,43-44H2,1-2H3,(H,49,53)/b27-18-,42-40+. The smallest absolute Gasteiger partial charge is 0.222 e. The van der Waals surface area contributed by atoms with Crippen molar-refractivity contribution in [3.05, 3.63) is 24.3 Å². The minimum absolute atomic E-state index is 0.00970. The summed E-state index contributed by atoms with van der Waals surface area (Å²) in [6.45, 7) is 4.22. The molecule has 0 aliphatic rings. The Labute approximate surface area is 331 Å². The van der Waals surface area contributed by atoms with Gasteiger partial charge in [0, 0.05) is 0 Å². The van der Waals surface area contributed by atoms with Crippen molar-refractivity contribution in [2.45, 2.75) is 270 Å². The number of rotatable bonds is 43. The fourth-order valence-electron chi connectivity index (χ4n) is 7.34. The Kier molecular flexibility index (Phi) is 42.6. The zero-order valence-corrected chi connectivity index (χ0v) is 35.7. The van der Waals surface area contributed by atoms with Gasteiger partial charge in [-0.1, -0.05) is 224 Å². The van der Waals surface area contributed by atoms with Gasteiger partial charge in [-0.2, -0.15) is 0 Å². The van der Waals surface area contributed by atoms with Crippen molar-refractivity contribution in [2.24, 2.45) is 0 Å². The molecule has 0 aromatic heterocycles. The van der Waals surface area contributed by atoms with Gasteiger partial charge in [0.05, 0.1) is 31.3 Å². The van der Waals surface area contributed by atoms with Crippen molar-refractivity contribution in [3.8, 4) is 0 Å². The maximum atomic E-state index is 12.4. The summed E-state index contributed by atoms with van der Waals surface area (Å²) < 4.78 is 0. The van der Waals surface area contributed by atoms with Gasteiger partial charge in [-0.05, 0) is 44.9 Å². The first-order valence-corrected chi connectivity index (χ1v) is 23.6. The Morgan fingerprint density at radius 2 is 0.792 bits per heavy atom. The highest BCUT2D eigenvalue weighted by Crippen LogP contribution is 2.16. The minimum atomic E-state index is -0.929. The zero-order valence-electron chi connectivity index (χ0n) is 35.7. The van der Waals surface area contributed by atoms with E-state index >= 15 is 0 Å². The second-order valence-corrected chi connectivity index (χ2v) is 16.4. The molecule has 5 nitrogen and oxygen atoms in total. The molecule has 0 fully saturated rings. The first-order valence-electron chi connectivity index (χ1n) is 23.6. The molecule has 1 amide bonds. The topological polar surface area (TPSA) is 89.8 Å². The third-order valence-corrected chi connectivity index (χ3v) is 11.0. The quantitative estimate of drug-likeness (QED) is 0.0369. The Bertz CT molecular complexity index is 784. The lowest BCUT2D eigenvalue weighted by Crippen LogP contribution is -2.45. The van der Waals surface area contributed by atoms with E-state index in [1.54, 1.807) is 6.08 Å². The van der Waals surface area contributed by atoms with Gasteiger partial charge in [0.15, 0.2) is 0 Å². The Hall–Kier alpha value is -1.17. The molecule has 0 spiro atoms. The maximum Gasteiger partial charge on any atom is 0.222 e. The van der Waals surface area contributed by atoms with Crippen molar-refractivity contribution in [1.82, 2.24) is 5.32 Å². The molecule has 0 aliphatic carbocycles. The van der Waals surface area contributed by atoms with Gasteiger partial charge in [0.2, 0.25) is 5.91 Å². The number of aliphatic hydroxyl groups is 3. The predicted octanol–water partition coefficient (Wildman–Crippen LogP) is 13.8. The number of hydrogen-bond acceptors (Lipinski definition) is 4. The lowest BCUT2D eigenvalue weighted by Gasteiger charge is -2.21. The van der Waals surface area contributed by atoms with E-state index in [4.69, 9.17) is 0 Å². The number of carbonyl (C=O) groups is 1. The van der Waals surface area contributed by atoms with Crippen molar-refractivity contribution >= 4 is 5.91 Å². The summed E-state index contributed by atoms with van der Waals surface area (Å²) in [5, 5.41) is 33.3. The average Bonchev–Trinajstić information content (AvgIpc) is 3.15. The molecule has 0 rings (SSSR count). The Morgan fingerprint density at radius 1 is 0.472 bits per heavy atom. The summed E-state index contributed by atoms with van der Waals surface area (Å²) in [5.41, 5.74) is 0. The lowest BCUT2D eigenvalue weighted by atomic mass is 10.0. The molecule has 314 valence electrons. The molecule has 5 heteroatoms. The molecule has 3 atom stereocenters. The summed E-state index contributed by atoms with van der Waals surface area (Å²) in [4.78, 5) is 12.4. The van der Waals surface area contributed by atoms with Crippen molar-refractivity contribution in [2.75, 3.05) is 6.61 Å². The molecule has 0 aromatic rings. The molecule has 3 unspecified atom stereocenters. The van der Waals surface area contributed by atoms with E-state index in [-0.39, 0.29) is 18.9 Å². The first kappa shape index (κ1) is 51.8. The molecule has 0 aliphatic heterocycles. The molecule has 0 saturated carbocycles. The van der Waals surface area contributed by atoms with E-state index in [0.717, 1.165) is 38.5 Å². The fraction of sp³-hybridized carbons (Fsp3) is 0.896. The van der Waals surface area contributed by atoms with Crippen LogP contribution in [0.1, 0.15) is 251 Å². The zero-order chi connectivity index (χ0) is 38.7. The maximum absolute atomic E-state index is 12.4. The number of nitrogens with one attached hydrogen (secondary N) is 1. The molecular weight excluding hydrogens is 655 g/mol. The molecule has 0 bridgehead atoms. The lowest BCUT2D eigenvalue weighted by molar-refractivity contribution is -0.124. The number of amides is 1. The number of hydrogen-bond donors (Lipinski definition) is 4. The molecule has 0 radical (unpaired) electrons. The van der Waals surface area contributed by atoms with Gasteiger partial charge in [-0.25, -0.2) is 0 Å². The monoisotopic (exact) mass is 748 g/mol. The largest absolute Gasteiger partial charge is 0.394 e. The van der Waals surface area contributed by atoms with E-state index in [1.807, 2.05) is 6.08 Å². The summed E-state index contributed by atoms with van der Waals surface area (Å²) in [6.07, 6.45) is 53.3. The second-order valence-electron chi connectivity index (χ2n) is 16.4. The van der Waals surface area contributed by atoms with Crippen LogP contribution in [-0.2, 0) is 4.79 Å². The van der Waals surface area contributed by atoms with Crippen LogP contribution in [-0.4, -0.2) is 46.1 Å². The second kappa shape index (κ2) is 43.6. The van der Waals surface area contributed by atoms with E-state index in [2.05, 4.69) is 31.3 Å². The van der Waals surface area contributed by atoms with Gasteiger partial charge < -0.3 is 20.6 Å². The molecule has 0 aromatic carbocycles. The summed E-state index contributed by atoms with van der Waals surface area (Å²) in [6, 6.07) is -0.745.